The van der Waals surface area contributed by atoms with Crippen LogP contribution in [0.5, 0.6) is 0 Å². The molecule has 0 saturated carbocycles. The van der Waals surface area contributed by atoms with Gasteiger partial charge in [0.2, 0.25) is 0 Å². The second-order valence-electron chi connectivity index (χ2n) is 4.38. The van der Waals surface area contributed by atoms with Crippen LogP contribution in [0.15, 0.2) is 0 Å². The molecule has 0 spiro atoms. The molecular formula is C10H25N5. The lowest BCUT2D eigenvalue weighted by Gasteiger charge is -2.45. The third-order valence-electron chi connectivity index (χ3n) is 3.29. The van der Waals surface area contributed by atoms with Gasteiger partial charge in [-0.1, -0.05) is 0 Å². The number of hydrogen-bond donors (Lipinski definition) is 4. The lowest BCUT2D eigenvalue weighted by Crippen LogP contribution is -2.64. The van der Waals surface area contributed by atoms with Crippen molar-refractivity contribution < 1.29 is 0 Å². The van der Waals surface area contributed by atoms with Gasteiger partial charge in [0.15, 0.2) is 0 Å². The molecule has 0 aromatic carbocycles. The fraction of sp³-hybridized carbons (Fsp3) is 1.00. The molecule has 15 heavy (non-hydrogen) atoms. The van der Waals surface area contributed by atoms with Crippen molar-refractivity contribution >= 4 is 0 Å². The summed E-state index contributed by atoms with van der Waals surface area (Å²) in [6.07, 6.45) is 4.18. The van der Waals surface area contributed by atoms with Crippen molar-refractivity contribution in [1.29, 1.82) is 0 Å². The largest absolute Gasteiger partial charge is 0.330 e. The maximum atomic E-state index is 6.11. The van der Waals surface area contributed by atoms with Crippen LogP contribution >= 0.6 is 0 Å². The molecule has 1 saturated heterocycles. The van der Waals surface area contributed by atoms with Gasteiger partial charge in [-0.15, -0.1) is 0 Å². The van der Waals surface area contributed by atoms with Crippen molar-refractivity contribution in [3.05, 3.63) is 0 Å². The molecule has 0 aliphatic carbocycles. The molecule has 5 heteroatoms. The van der Waals surface area contributed by atoms with E-state index in [-0.39, 0.29) is 5.54 Å². The number of rotatable bonds is 6. The van der Waals surface area contributed by atoms with E-state index in [0.717, 1.165) is 58.4 Å². The van der Waals surface area contributed by atoms with Crippen LogP contribution < -0.4 is 22.6 Å². The topological polar surface area (TPSA) is 93.3 Å². The van der Waals surface area contributed by atoms with Crippen LogP contribution in [0, 0.1) is 0 Å². The zero-order valence-electron chi connectivity index (χ0n) is 9.54. The summed E-state index contributed by atoms with van der Waals surface area (Å²) in [6.45, 7) is 4.32. The predicted octanol–water partition coefficient (Wildman–Crippen LogP) is -1.02. The van der Waals surface area contributed by atoms with E-state index in [1.54, 1.807) is 0 Å². The molecule has 1 heterocycles. The Morgan fingerprint density at radius 2 is 1.73 bits per heavy atom. The molecule has 7 N–H and O–H groups in total. The van der Waals surface area contributed by atoms with Gasteiger partial charge in [-0.25, -0.2) is 5.01 Å². The number of nitrogens with one attached hydrogen (secondary N) is 1. The van der Waals surface area contributed by atoms with Crippen molar-refractivity contribution in [1.82, 2.24) is 10.3 Å². The summed E-state index contributed by atoms with van der Waals surface area (Å²) in [5, 5.41) is 5.42. The highest BCUT2D eigenvalue weighted by Gasteiger charge is 2.35. The molecular weight excluding hydrogens is 190 g/mol. The maximum Gasteiger partial charge on any atom is 0.0477 e. The molecule has 90 valence electrons. The van der Waals surface area contributed by atoms with Gasteiger partial charge in [0.25, 0.3) is 0 Å². The summed E-state index contributed by atoms with van der Waals surface area (Å²) in [6, 6.07) is 0. The Kier molecular flexibility index (Phi) is 5.49. The van der Waals surface area contributed by atoms with Crippen LogP contribution in [0.25, 0.3) is 0 Å². The van der Waals surface area contributed by atoms with Crippen molar-refractivity contribution in [2.45, 2.75) is 31.2 Å². The third kappa shape index (κ3) is 3.39. The lowest BCUT2D eigenvalue weighted by atomic mass is 9.86. The first-order chi connectivity index (χ1) is 7.25. The Hall–Kier alpha value is -0.200. The standard InChI is InChI=1S/C10H25N5/c11-5-1-3-10(4-2-6-12)9-14-7-8-15(10)13/h14H,1-9,11-13H2. The first kappa shape index (κ1) is 12.9. The van der Waals surface area contributed by atoms with Crippen molar-refractivity contribution in [3.8, 4) is 0 Å². The van der Waals surface area contributed by atoms with Crippen molar-refractivity contribution in [3.63, 3.8) is 0 Å². The minimum Gasteiger partial charge on any atom is -0.330 e. The molecule has 0 aromatic heterocycles. The van der Waals surface area contributed by atoms with Gasteiger partial charge in [0.05, 0.1) is 0 Å². The van der Waals surface area contributed by atoms with Crippen LogP contribution in [0.4, 0.5) is 0 Å². The Labute approximate surface area is 92.3 Å². The van der Waals surface area contributed by atoms with Crippen molar-refractivity contribution in [2.75, 3.05) is 32.7 Å². The van der Waals surface area contributed by atoms with E-state index in [9.17, 15) is 0 Å². The van der Waals surface area contributed by atoms with Gasteiger partial charge in [0.1, 0.15) is 0 Å². The van der Waals surface area contributed by atoms with E-state index in [1.165, 1.54) is 0 Å². The van der Waals surface area contributed by atoms with Crippen LogP contribution in [0.1, 0.15) is 25.7 Å². The van der Waals surface area contributed by atoms with Crippen LogP contribution in [0.3, 0.4) is 0 Å². The minimum atomic E-state index is 0.0803. The Morgan fingerprint density at radius 1 is 1.13 bits per heavy atom. The lowest BCUT2D eigenvalue weighted by molar-refractivity contribution is 0.0414. The van der Waals surface area contributed by atoms with Crippen molar-refractivity contribution in [2.24, 2.45) is 17.3 Å². The van der Waals surface area contributed by atoms with Crippen LogP contribution in [-0.4, -0.2) is 43.3 Å². The molecule has 5 nitrogen and oxygen atoms in total. The first-order valence-corrected chi connectivity index (χ1v) is 5.88. The zero-order chi connectivity index (χ0) is 11.1. The van der Waals surface area contributed by atoms with E-state index >= 15 is 0 Å². The predicted molar refractivity (Wildman–Crippen MR) is 63.1 cm³/mol. The quantitative estimate of drug-likeness (QED) is 0.426. The SMILES string of the molecule is NCCCC1(CCCN)CNCCN1N. The molecule has 0 bridgehead atoms. The highest BCUT2D eigenvalue weighted by molar-refractivity contribution is 4.93. The van der Waals surface area contributed by atoms with E-state index in [2.05, 4.69) is 5.32 Å². The number of hydrazine groups is 1. The van der Waals surface area contributed by atoms with Crippen LogP contribution in [0.2, 0.25) is 0 Å². The van der Waals surface area contributed by atoms with Gasteiger partial charge < -0.3 is 16.8 Å². The number of hydrogen-bond acceptors (Lipinski definition) is 5. The summed E-state index contributed by atoms with van der Waals surface area (Å²) >= 11 is 0. The molecule has 0 radical (unpaired) electrons. The normalized spacial score (nSPS) is 21.8. The second-order valence-corrected chi connectivity index (χ2v) is 4.38. The van der Waals surface area contributed by atoms with Gasteiger partial charge in [-0.3, -0.25) is 5.84 Å². The fourth-order valence-corrected chi connectivity index (χ4v) is 2.31. The van der Waals surface area contributed by atoms with E-state index < -0.39 is 0 Å². The Morgan fingerprint density at radius 3 is 2.20 bits per heavy atom. The van der Waals surface area contributed by atoms with E-state index in [0.29, 0.717) is 0 Å². The zero-order valence-corrected chi connectivity index (χ0v) is 9.54. The monoisotopic (exact) mass is 215 g/mol. The average molecular weight is 215 g/mol. The molecule has 1 aliphatic rings. The smallest absolute Gasteiger partial charge is 0.0477 e. The van der Waals surface area contributed by atoms with E-state index in [4.69, 9.17) is 17.3 Å². The van der Waals surface area contributed by atoms with Gasteiger partial charge >= 0.3 is 0 Å². The number of nitrogens with zero attached hydrogens (tertiary/aromatic N) is 1. The number of piperazine rings is 1. The molecule has 0 unspecified atom stereocenters. The molecule has 0 atom stereocenters. The summed E-state index contributed by atoms with van der Waals surface area (Å²) in [5.41, 5.74) is 11.2. The summed E-state index contributed by atoms with van der Waals surface area (Å²) in [7, 11) is 0. The highest BCUT2D eigenvalue weighted by Crippen LogP contribution is 2.25. The van der Waals surface area contributed by atoms with Gasteiger partial charge in [-0.2, -0.15) is 0 Å². The summed E-state index contributed by atoms with van der Waals surface area (Å²) in [4.78, 5) is 0. The molecule has 1 fully saturated rings. The molecule has 0 aromatic rings. The van der Waals surface area contributed by atoms with Gasteiger partial charge in [-0.05, 0) is 38.8 Å². The molecule has 0 amide bonds. The fourth-order valence-electron chi connectivity index (χ4n) is 2.31. The highest BCUT2D eigenvalue weighted by atomic mass is 15.5. The molecule has 1 rings (SSSR count). The van der Waals surface area contributed by atoms with Crippen LogP contribution in [-0.2, 0) is 0 Å². The van der Waals surface area contributed by atoms with E-state index in [1.807, 2.05) is 5.01 Å². The summed E-state index contributed by atoms with van der Waals surface area (Å²) in [5.74, 6) is 6.11. The average Bonchev–Trinajstić information content (AvgIpc) is 2.27. The maximum absolute atomic E-state index is 6.11. The second kappa shape index (κ2) is 6.40. The summed E-state index contributed by atoms with van der Waals surface area (Å²) < 4.78 is 0. The Bertz CT molecular complexity index is 165. The number of nitrogens with two attached hydrogens (primary N) is 3. The minimum absolute atomic E-state index is 0.0803. The first-order valence-electron chi connectivity index (χ1n) is 5.88. The van der Waals surface area contributed by atoms with Gasteiger partial charge in [0, 0.05) is 25.2 Å². The third-order valence-corrected chi connectivity index (χ3v) is 3.29. The Balaban J connectivity index is 2.55. The molecule has 1 aliphatic heterocycles.